The third-order valence-corrected chi connectivity index (χ3v) is 4.64. The Morgan fingerprint density at radius 3 is 2.61 bits per heavy atom. The number of hydrogen-bond acceptors (Lipinski definition) is 5. The highest BCUT2D eigenvalue weighted by Gasteiger charge is 2.45. The molecule has 2 N–H and O–H groups in total. The Kier molecular flexibility index (Phi) is 3.15. The van der Waals surface area contributed by atoms with Crippen LogP contribution >= 0.6 is 0 Å². The molecule has 1 aliphatic rings. The maximum absolute atomic E-state index is 5.75. The van der Waals surface area contributed by atoms with Crippen molar-refractivity contribution >= 4 is 22.7 Å². The van der Waals surface area contributed by atoms with Crippen LogP contribution in [0, 0.1) is 0 Å². The van der Waals surface area contributed by atoms with E-state index in [0.29, 0.717) is 11.5 Å². The van der Waals surface area contributed by atoms with Gasteiger partial charge in [-0.3, -0.25) is 0 Å². The molecule has 4 rings (SSSR count). The summed E-state index contributed by atoms with van der Waals surface area (Å²) in [6.45, 7) is 0.938. The predicted octanol–water partition coefficient (Wildman–Crippen LogP) is 2.78. The summed E-state index contributed by atoms with van der Waals surface area (Å²) in [5.74, 6) is 1.39. The standard InChI is InChI=1S/C18H19N5/c1-23(11-18(9-10-18)13-5-3-2-4-6-13)17-14-7-8-15(19)22-16(14)20-12-21-17/h2-8,12H,9-11H2,1H3,(H2,19,20,21,22). The van der Waals surface area contributed by atoms with Crippen molar-refractivity contribution in [2.24, 2.45) is 0 Å². The Hall–Kier alpha value is -2.69. The molecule has 1 aromatic carbocycles. The van der Waals surface area contributed by atoms with Gasteiger partial charge in [0, 0.05) is 19.0 Å². The molecule has 0 atom stereocenters. The van der Waals surface area contributed by atoms with Crippen molar-refractivity contribution in [2.75, 3.05) is 24.2 Å². The summed E-state index contributed by atoms with van der Waals surface area (Å²) < 4.78 is 0. The Bertz CT molecular complexity index is 842. The number of anilines is 2. The highest BCUT2D eigenvalue weighted by Crippen LogP contribution is 2.49. The fraction of sp³-hybridized carbons (Fsp3) is 0.278. The summed E-state index contributed by atoms with van der Waals surface area (Å²) in [6.07, 6.45) is 3.99. The molecule has 23 heavy (non-hydrogen) atoms. The average Bonchev–Trinajstić information content (AvgIpc) is 3.35. The second kappa shape index (κ2) is 5.19. The molecule has 0 radical (unpaired) electrons. The van der Waals surface area contributed by atoms with Gasteiger partial charge in [0.15, 0.2) is 5.65 Å². The Labute approximate surface area is 135 Å². The van der Waals surface area contributed by atoms with Crippen LogP contribution < -0.4 is 10.6 Å². The number of fused-ring (bicyclic) bond motifs is 1. The van der Waals surface area contributed by atoms with Gasteiger partial charge < -0.3 is 10.6 Å². The van der Waals surface area contributed by atoms with Crippen LogP contribution in [0.3, 0.4) is 0 Å². The summed E-state index contributed by atoms with van der Waals surface area (Å²) in [4.78, 5) is 15.2. The number of pyridine rings is 1. The summed E-state index contributed by atoms with van der Waals surface area (Å²) in [6, 6.07) is 14.5. The zero-order valence-corrected chi connectivity index (χ0v) is 13.1. The lowest BCUT2D eigenvalue weighted by Gasteiger charge is -2.25. The van der Waals surface area contributed by atoms with Gasteiger partial charge in [-0.15, -0.1) is 0 Å². The van der Waals surface area contributed by atoms with E-state index in [2.05, 4.69) is 57.2 Å². The van der Waals surface area contributed by atoms with Gasteiger partial charge in [0.05, 0.1) is 5.39 Å². The number of aromatic nitrogens is 3. The van der Waals surface area contributed by atoms with Gasteiger partial charge >= 0.3 is 0 Å². The number of nitrogens with zero attached hydrogens (tertiary/aromatic N) is 4. The van der Waals surface area contributed by atoms with E-state index in [1.807, 2.05) is 6.07 Å². The Morgan fingerprint density at radius 2 is 1.87 bits per heavy atom. The van der Waals surface area contributed by atoms with Crippen LogP contribution in [0.15, 0.2) is 48.8 Å². The summed E-state index contributed by atoms with van der Waals surface area (Å²) in [5.41, 5.74) is 8.05. The minimum absolute atomic E-state index is 0.245. The molecule has 0 bridgehead atoms. The van der Waals surface area contributed by atoms with Crippen LogP contribution in [0.5, 0.6) is 0 Å². The first-order chi connectivity index (χ1) is 11.2. The summed E-state index contributed by atoms with van der Waals surface area (Å²) in [7, 11) is 2.08. The molecule has 1 saturated carbocycles. The molecule has 2 heterocycles. The van der Waals surface area contributed by atoms with E-state index >= 15 is 0 Å². The van der Waals surface area contributed by atoms with E-state index < -0.39 is 0 Å². The van der Waals surface area contributed by atoms with Crippen molar-refractivity contribution in [1.29, 1.82) is 0 Å². The maximum Gasteiger partial charge on any atom is 0.166 e. The smallest absolute Gasteiger partial charge is 0.166 e. The van der Waals surface area contributed by atoms with E-state index in [1.165, 1.54) is 18.4 Å². The molecular weight excluding hydrogens is 286 g/mol. The van der Waals surface area contributed by atoms with Crippen LogP contribution in [0.1, 0.15) is 18.4 Å². The normalized spacial score (nSPS) is 15.5. The number of nitrogen functional groups attached to an aromatic ring is 1. The molecule has 116 valence electrons. The lowest BCUT2D eigenvalue weighted by Crippen LogP contribution is -2.30. The third-order valence-electron chi connectivity index (χ3n) is 4.64. The van der Waals surface area contributed by atoms with E-state index in [4.69, 9.17) is 5.73 Å². The van der Waals surface area contributed by atoms with Gasteiger partial charge in [-0.1, -0.05) is 30.3 Å². The van der Waals surface area contributed by atoms with Crippen LogP contribution in [0.2, 0.25) is 0 Å². The van der Waals surface area contributed by atoms with Crippen molar-refractivity contribution in [1.82, 2.24) is 15.0 Å². The molecule has 0 unspecified atom stereocenters. The average molecular weight is 305 g/mol. The van der Waals surface area contributed by atoms with Crippen LogP contribution in [0.4, 0.5) is 11.6 Å². The largest absolute Gasteiger partial charge is 0.384 e. The summed E-state index contributed by atoms with van der Waals surface area (Å²) in [5, 5.41) is 0.938. The van der Waals surface area contributed by atoms with E-state index in [9.17, 15) is 0 Å². The molecule has 0 aliphatic heterocycles. The number of hydrogen-bond donors (Lipinski definition) is 1. The van der Waals surface area contributed by atoms with Crippen molar-refractivity contribution in [3.05, 3.63) is 54.4 Å². The van der Waals surface area contributed by atoms with Gasteiger partial charge in [0.25, 0.3) is 0 Å². The molecule has 5 nitrogen and oxygen atoms in total. The molecule has 0 saturated heterocycles. The van der Waals surface area contributed by atoms with Gasteiger partial charge in [-0.25, -0.2) is 15.0 Å². The van der Waals surface area contributed by atoms with Crippen molar-refractivity contribution in [3.63, 3.8) is 0 Å². The maximum atomic E-state index is 5.75. The SMILES string of the molecule is CN(CC1(c2ccccc2)CC1)c1ncnc2nc(N)ccc12. The minimum atomic E-state index is 0.245. The van der Waals surface area contributed by atoms with Gasteiger partial charge in [-0.2, -0.15) is 0 Å². The monoisotopic (exact) mass is 305 g/mol. The van der Waals surface area contributed by atoms with E-state index in [-0.39, 0.29) is 5.41 Å². The molecule has 0 amide bonds. The second-order valence-corrected chi connectivity index (χ2v) is 6.31. The predicted molar refractivity (Wildman–Crippen MR) is 92.4 cm³/mol. The van der Waals surface area contributed by atoms with Crippen molar-refractivity contribution in [3.8, 4) is 0 Å². The fourth-order valence-corrected chi connectivity index (χ4v) is 3.26. The third kappa shape index (κ3) is 2.48. The van der Waals surface area contributed by atoms with Crippen molar-refractivity contribution in [2.45, 2.75) is 18.3 Å². The molecule has 0 spiro atoms. The molecule has 5 heteroatoms. The molecule has 1 aliphatic carbocycles. The fourth-order valence-electron chi connectivity index (χ4n) is 3.26. The lowest BCUT2D eigenvalue weighted by molar-refractivity contribution is 0.669. The molecular formula is C18H19N5. The van der Waals surface area contributed by atoms with E-state index in [1.54, 1.807) is 12.4 Å². The first-order valence-corrected chi connectivity index (χ1v) is 7.82. The second-order valence-electron chi connectivity index (χ2n) is 6.31. The molecule has 1 fully saturated rings. The molecule has 3 aromatic rings. The van der Waals surface area contributed by atoms with Crippen LogP contribution in [-0.4, -0.2) is 28.5 Å². The van der Waals surface area contributed by atoms with Crippen LogP contribution in [0.25, 0.3) is 11.0 Å². The van der Waals surface area contributed by atoms with Gasteiger partial charge in [0.2, 0.25) is 0 Å². The van der Waals surface area contributed by atoms with Crippen molar-refractivity contribution < 1.29 is 0 Å². The Morgan fingerprint density at radius 1 is 1.09 bits per heavy atom. The highest BCUT2D eigenvalue weighted by molar-refractivity contribution is 5.87. The van der Waals surface area contributed by atoms with Gasteiger partial charge in [0.1, 0.15) is 18.0 Å². The highest BCUT2D eigenvalue weighted by atomic mass is 15.2. The first kappa shape index (κ1) is 13.9. The quantitative estimate of drug-likeness (QED) is 0.802. The summed E-state index contributed by atoms with van der Waals surface area (Å²) >= 11 is 0. The number of nitrogens with two attached hydrogens (primary N) is 1. The Balaban J connectivity index is 1.67. The number of likely N-dealkylation sites (N-methyl/N-ethyl adjacent to an activating group) is 1. The van der Waals surface area contributed by atoms with E-state index in [0.717, 1.165) is 17.7 Å². The van der Waals surface area contributed by atoms with Crippen LogP contribution in [-0.2, 0) is 5.41 Å². The number of rotatable bonds is 4. The molecule has 2 aromatic heterocycles. The number of benzene rings is 1. The topological polar surface area (TPSA) is 67.9 Å². The minimum Gasteiger partial charge on any atom is -0.384 e. The first-order valence-electron chi connectivity index (χ1n) is 7.82. The zero-order valence-electron chi connectivity index (χ0n) is 13.1. The lowest BCUT2D eigenvalue weighted by atomic mass is 9.95. The zero-order chi connectivity index (χ0) is 15.9. The van der Waals surface area contributed by atoms with Gasteiger partial charge in [-0.05, 0) is 30.5 Å².